The number of carbonyl (C=O) groups excluding carboxylic acids is 2. The van der Waals surface area contributed by atoms with Gasteiger partial charge >= 0.3 is 0 Å². The highest BCUT2D eigenvalue weighted by Crippen LogP contribution is 2.41. The van der Waals surface area contributed by atoms with Crippen molar-refractivity contribution < 1.29 is 14.3 Å². The Labute approximate surface area is 210 Å². The Kier molecular flexibility index (Phi) is 7.96. The van der Waals surface area contributed by atoms with Crippen LogP contribution in [-0.4, -0.2) is 67.0 Å². The lowest BCUT2D eigenvalue weighted by Gasteiger charge is -2.44. The van der Waals surface area contributed by atoms with Crippen molar-refractivity contribution in [3.8, 4) is 5.75 Å². The van der Waals surface area contributed by atoms with Crippen molar-refractivity contribution in [2.75, 3.05) is 39.3 Å². The molecular formula is C29H43N3O3. The predicted octanol–water partition coefficient (Wildman–Crippen LogP) is 4.17. The molecule has 4 aliphatic rings. The minimum absolute atomic E-state index is 0.190. The van der Waals surface area contributed by atoms with Crippen LogP contribution in [0.5, 0.6) is 5.75 Å². The standard InChI is InChI=1S/C29H43N3O3/c33-27(24-10-1-2-11-24)30-17-21-31-19-15-29(16-20-31)14-6-5-9-23-8-3-4-13-26(23)35-22-25-12-7-18-32(25)28(29)34/h3-4,8,13,24-25H,1-2,5-7,9-12,14-22H2,(H,30,33)/t25-/m1/s1. The number of para-hydroxylation sites is 1. The first-order valence-electron chi connectivity index (χ1n) is 14.2. The number of fused-ring (bicyclic) bond motifs is 2. The highest BCUT2D eigenvalue weighted by molar-refractivity contribution is 5.83. The second-order valence-electron chi connectivity index (χ2n) is 11.3. The molecule has 6 heteroatoms. The van der Waals surface area contributed by atoms with E-state index in [4.69, 9.17) is 4.74 Å². The van der Waals surface area contributed by atoms with Crippen molar-refractivity contribution in [1.82, 2.24) is 15.1 Å². The third-order valence-corrected chi connectivity index (χ3v) is 9.11. The fourth-order valence-electron chi connectivity index (χ4n) is 6.84. The number of aryl methyl sites for hydroxylation is 1. The number of amides is 2. The summed E-state index contributed by atoms with van der Waals surface area (Å²) in [4.78, 5) is 31.0. The van der Waals surface area contributed by atoms with Crippen LogP contribution in [0, 0.1) is 11.3 Å². The topological polar surface area (TPSA) is 61.9 Å². The fraction of sp³-hybridized carbons (Fsp3) is 0.724. The molecule has 0 radical (unpaired) electrons. The van der Waals surface area contributed by atoms with E-state index in [1.807, 2.05) is 6.07 Å². The first kappa shape index (κ1) is 24.6. The number of rotatable bonds is 4. The van der Waals surface area contributed by atoms with E-state index >= 15 is 0 Å². The Morgan fingerprint density at radius 3 is 2.60 bits per heavy atom. The molecule has 2 amide bonds. The molecule has 1 aromatic carbocycles. The van der Waals surface area contributed by atoms with E-state index in [2.05, 4.69) is 33.3 Å². The van der Waals surface area contributed by atoms with E-state index in [9.17, 15) is 9.59 Å². The minimum Gasteiger partial charge on any atom is -0.491 e. The van der Waals surface area contributed by atoms with Gasteiger partial charge in [-0.05, 0) is 82.5 Å². The SMILES string of the molecule is O=C(NCCN1CCC2(CCCCc3ccccc3OC[C@H]3CCCN3C2=O)CC1)C1CCCC1. The van der Waals surface area contributed by atoms with E-state index in [1.165, 1.54) is 18.4 Å². The Balaban J connectivity index is 1.20. The molecule has 1 aliphatic carbocycles. The Morgan fingerprint density at radius 2 is 1.77 bits per heavy atom. The predicted molar refractivity (Wildman–Crippen MR) is 137 cm³/mol. The maximum absolute atomic E-state index is 14.0. The van der Waals surface area contributed by atoms with Crippen molar-refractivity contribution in [3.63, 3.8) is 0 Å². The van der Waals surface area contributed by atoms with Crippen LogP contribution in [0.3, 0.4) is 0 Å². The molecule has 1 spiro atoms. The Morgan fingerprint density at radius 1 is 0.971 bits per heavy atom. The Bertz CT molecular complexity index is 874. The number of nitrogens with zero attached hydrogens (tertiary/aromatic N) is 2. The molecule has 0 aromatic heterocycles. The smallest absolute Gasteiger partial charge is 0.229 e. The number of hydrogen-bond acceptors (Lipinski definition) is 4. The Hall–Kier alpha value is -2.08. The van der Waals surface area contributed by atoms with Crippen LogP contribution in [0.25, 0.3) is 0 Å². The molecule has 6 nitrogen and oxygen atoms in total. The summed E-state index contributed by atoms with van der Waals surface area (Å²) in [6.07, 6.45) is 12.6. The molecule has 1 saturated carbocycles. The summed E-state index contributed by atoms with van der Waals surface area (Å²) < 4.78 is 6.28. The second kappa shape index (κ2) is 11.3. The van der Waals surface area contributed by atoms with Gasteiger partial charge in [0, 0.05) is 25.6 Å². The number of ether oxygens (including phenoxy) is 1. The van der Waals surface area contributed by atoms with E-state index in [1.54, 1.807) is 0 Å². The quantitative estimate of drug-likeness (QED) is 0.701. The third kappa shape index (κ3) is 5.68. The zero-order chi connectivity index (χ0) is 24.1. The second-order valence-corrected chi connectivity index (χ2v) is 11.3. The molecule has 192 valence electrons. The molecule has 1 aromatic rings. The van der Waals surface area contributed by atoms with Crippen LogP contribution in [-0.2, 0) is 16.0 Å². The monoisotopic (exact) mass is 481 g/mol. The number of piperidine rings is 1. The summed E-state index contributed by atoms with van der Waals surface area (Å²) in [7, 11) is 0. The van der Waals surface area contributed by atoms with Gasteiger partial charge in [-0.2, -0.15) is 0 Å². The first-order valence-corrected chi connectivity index (χ1v) is 14.2. The number of nitrogens with one attached hydrogen (secondary N) is 1. The van der Waals surface area contributed by atoms with Crippen LogP contribution >= 0.6 is 0 Å². The van der Waals surface area contributed by atoms with Gasteiger partial charge in [0.2, 0.25) is 11.8 Å². The van der Waals surface area contributed by atoms with Gasteiger partial charge in [-0.25, -0.2) is 0 Å². The molecule has 5 rings (SSSR count). The van der Waals surface area contributed by atoms with Gasteiger partial charge in [-0.1, -0.05) is 37.5 Å². The summed E-state index contributed by atoms with van der Waals surface area (Å²) in [5.74, 6) is 1.86. The lowest BCUT2D eigenvalue weighted by atomic mass is 9.73. The minimum atomic E-state index is -0.231. The molecule has 0 unspecified atom stereocenters. The highest BCUT2D eigenvalue weighted by atomic mass is 16.5. The van der Waals surface area contributed by atoms with Gasteiger partial charge in [-0.3, -0.25) is 9.59 Å². The van der Waals surface area contributed by atoms with Crippen LogP contribution in [0.1, 0.15) is 76.2 Å². The average molecular weight is 482 g/mol. The fourth-order valence-corrected chi connectivity index (χ4v) is 6.84. The average Bonchev–Trinajstić information content (AvgIpc) is 3.58. The van der Waals surface area contributed by atoms with Crippen LogP contribution in [0.4, 0.5) is 0 Å². The van der Waals surface area contributed by atoms with Crippen molar-refractivity contribution in [2.24, 2.45) is 11.3 Å². The summed E-state index contributed by atoms with van der Waals surface area (Å²) in [5.41, 5.74) is 1.07. The van der Waals surface area contributed by atoms with Crippen LogP contribution < -0.4 is 10.1 Å². The van der Waals surface area contributed by atoms with Gasteiger partial charge < -0.3 is 19.9 Å². The van der Waals surface area contributed by atoms with Crippen molar-refractivity contribution >= 4 is 11.8 Å². The normalized spacial score (nSPS) is 25.9. The first-order chi connectivity index (χ1) is 17.1. The molecule has 1 N–H and O–H groups in total. The molecule has 1 atom stereocenters. The molecule has 0 bridgehead atoms. The van der Waals surface area contributed by atoms with Gasteiger partial charge in [0.15, 0.2) is 0 Å². The van der Waals surface area contributed by atoms with Crippen LogP contribution in [0.2, 0.25) is 0 Å². The van der Waals surface area contributed by atoms with Gasteiger partial charge in [0.25, 0.3) is 0 Å². The van der Waals surface area contributed by atoms with E-state index in [0.29, 0.717) is 12.5 Å². The number of likely N-dealkylation sites (tertiary alicyclic amines) is 1. The van der Waals surface area contributed by atoms with E-state index < -0.39 is 0 Å². The number of hydrogen-bond donors (Lipinski definition) is 1. The van der Waals surface area contributed by atoms with Gasteiger partial charge in [0.1, 0.15) is 12.4 Å². The molecule has 3 fully saturated rings. The molecule has 3 aliphatic heterocycles. The highest BCUT2D eigenvalue weighted by Gasteiger charge is 2.45. The maximum atomic E-state index is 14.0. The molecular weight excluding hydrogens is 438 g/mol. The summed E-state index contributed by atoms with van der Waals surface area (Å²) in [5, 5.41) is 3.17. The van der Waals surface area contributed by atoms with E-state index in [0.717, 1.165) is 103 Å². The van der Waals surface area contributed by atoms with Crippen molar-refractivity contribution in [3.05, 3.63) is 29.8 Å². The zero-order valence-electron chi connectivity index (χ0n) is 21.3. The van der Waals surface area contributed by atoms with Gasteiger partial charge in [0.05, 0.1) is 11.5 Å². The molecule has 3 heterocycles. The summed E-state index contributed by atoms with van der Waals surface area (Å²) in [6, 6.07) is 8.61. The lowest BCUT2D eigenvalue weighted by Crippen LogP contribution is -2.53. The summed E-state index contributed by atoms with van der Waals surface area (Å²) in [6.45, 7) is 4.98. The summed E-state index contributed by atoms with van der Waals surface area (Å²) >= 11 is 0. The lowest BCUT2D eigenvalue weighted by molar-refractivity contribution is -0.147. The molecule has 35 heavy (non-hydrogen) atoms. The van der Waals surface area contributed by atoms with Crippen molar-refractivity contribution in [2.45, 2.75) is 83.1 Å². The number of carbonyl (C=O) groups is 2. The zero-order valence-corrected chi connectivity index (χ0v) is 21.3. The van der Waals surface area contributed by atoms with Crippen LogP contribution in [0.15, 0.2) is 24.3 Å². The number of benzene rings is 1. The van der Waals surface area contributed by atoms with Gasteiger partial charge in [-0.15, -0.1) is 0 Å². The molecule has 2 saturated heterocycles. The maximum Gasteiger partial charge on any atom is 0.229 e. The van der Waals surface area contributed by atoms with E-state index in [-0.39, 0.29) is 23.3 Å². The largest absolute Gasteiger partial charge is 0.491 e. The van der Waals surface area contributed by atoms with Crippen molar-refractivity contribution in [1.29, 1.82) is 0 Å². The third-order valence-electron chi connectivity index (χ3n) is 9.11.